The largest absolute Gasteiger partial charge is 0.398 e. The van der Waals surface area contributed by atoms with Crippen LogP contribution in [0.2, 0.25) is 0 Å². The van der Waals surface area contributed by atoms with Crippen LogP contribution in [0.4, 0.5) is 5.69 Å². The third kappa shape index (κ3) is 1.69. The highest BCUT2D eigenvalue weighted by atomic mass is 31.1. The molecule has 3 N–H and O–H groups in total. The fourth-order valence-electron chi connectivity index (χ4n) is 0.780. The number of benzene rings is 1. The zero-order valence-corrected chi connectivity index (χ0v) is 6.54. The topological polar surface area (TPSA) is 46.2 Å². The number of para-hydroxylation sites is 1. The van der Waals surface area contributed by atoms with E-state index in [1.807, 2.05) is 24.3 Å². The van der Waals surface area contributed by atoms with Gasteiger partial charge in [0, 0.05) is 20.7 Å². The standard InChI is InChI=1S/C7H10NOP/c8-7-4-2-1-3-6(7)5-10-9/h1-4,9-10H,5,8H2. The van der Waals surface area contributed by atoms with E-state index in [1.165, 1.54) is 0 Å². The van der Waals surface area contributed by atoms with Crippen molar-refractivity contribution in [3.8, 4) is 0 Å². The molecule has 3 heteroatoms. The molecule has 1 unspecified atom stereocenters. The van der Waals surface area contributed by atoms with Gasteiger partial charge in [-0.15, -0.1) is 0 Å². The summed E-state index contributed by atoms with van der Waals surface area (Å²) in [6, 6.07) is 7.58. The van der Waals surface area contributed by atoms with Crippen LogP contribution in [-0.2, 0) is 6.16 Å². The van der Waals surface area contributed by atoms with Crippen molar-refractivity contribution >= 4 is 14.5 Å². The Morgan fingerprint density at radius 1 is 1.40 bits per heavy atom. The lowest BCUT2D eigenvalue weighted by Crippen LogP contribution is -1.90. The molecule has 0 saturated heterocycles. The Bertz CT molecular complexity index is 215. The van der Waals surface area contributed by atoms with Crippen molar-refractivity contribution in [3.63, 3.8) is 0 Å². The van der Waals surface area contributed by atoms with Gasteiger partial charge in [0.1, 0.15) is 0 Å². The zero-order valence-electron chi connectivity index (χ0n) is 5.54. The van der Waals surface area contributed by atoms with E-state index in [0.29, 0.717) is 6.16 Å². The monoisotopic (exact) mass is 155 g/mol. The van der Waals surface area contributed by atoms with Crippen molar-refractivity contribution in [2.45, 2.75) is 6.16 Å². The summed E-state index contributed by atoms with van der Waals surface area (Å²) in [5.41, 5.74) is 7.40. The van der Waals surface area contributed by atoms with Crippen molar-refractivity contribution in [1.29, 1.82) is 0 Å². The summed E-state index contributed by atoms with van der Waals surface area (Å²) in [5.74, 6) is 0. The maximum absolute atomic E-state index is 8.62. The normalized spacial score (nSPS) is 10.9. The molecule has 1 aromatic rings. The van der Waals surface area contributed by atoms with Crippen LogP contribution in [0.5, 0.6) is 0 Å². The van der Waals surface area contributed by atoms with Crippen molar-refractivity contribution in [3.05, 3.63) is 29.8 Å². The van der Waals surface area contributed by atoms with Crippen LogP contribution >= 0.6 is 8.81 Å². The molecule has 0 aliphatic carbocycles. The van der Waals surface area contributed by atoms with Gasteiger partial charge in [-0.3, -0.25) is 0 Å². The second kappa shape index (κ2) is 3.55. The van der Waals surface area contributed by atoms with Gasteiger partial charge in [-0.1, -0.05) is 18.2 Å². The Labute approximate surface area is 61.9 Å². The molecule has 0 aliphatic heterocycles. The van der Waals surface area contributed by atoms with Crippen LogP contribution in [-0.4, -0.2) is 4.89 Å². The molecule has 2 nitrogen and oxygen atoms in total. The summed E-state index contributed by atoms with van der Waals surface area (Å²) >= 11 is 0. The molecule has 1 rings (SSSR count). The molecule has 0 aliphatic rings. The van der Waals surface area contributed by atoms with E-state index in [0.717, 1.165) is 11.3 Å². The predicted octanol–water partition coefficient (Wildman–Crippen LogP) is 1.35. The maximum Gasteiger partial charge on any atom is 0.0350 e. The molecule has 1 aromatic carbocycles. The van der Waals surface area contributed by atoms with Gasteiger partial charge >= 0.3 is 0 Å². The van der Waals surface area contributed by atoms with E-state index in [4.69, 9.17) is 10.6 Å². The lowest BCUT2D eigenvalue weighted by Gasteiger charge is -2.00. The smallest absolute Gasteiger partial charge is 0.0350 e. The van der Waals surface area contributed by atoms with Gasteiger partial charge < -0.3 is 10.6 Å². The highest BCUT2D eigenvalue weighted by molar-refractivity contribution is 7.30. The van der Waals surface area contributed by atoms with E-state index >= 15 is 0 Å². The summed E-state index contributed by atoms with van der Waals surface area (Å²) in [7, 11) is -0.0484. The van der Waals surface area contributed by atoms with Gasteiger partial charge in [0.05, 0.1) is 0 Å². The Morgan fingerprint density at radius 3 is 2.70 bits per heavy atom. The molecule has 0 amide bonds. The predicted molar refractivity (Wildman–Crippen MR) is 45.1 cm³/mol. The first-order chi connectivity index (χ1) is 4.84. The molecular weight excluding hydrogens is 145 g/mol. The quantitative estimate of drug-likeness (QED) is 0.500. The second-order valence-corrected chi connectivity index (χ2v) is 2.70. The number of rotatable bonds is 2. The van der Waals surface area contributed by atoms with Crippen LogP contribution in [0.3, 0.4) is 0 Å². The van der Waals surface area contributed by atoms with Crippen LogP contribution in [0, 0.1) is 0 Å². The SMILES string of the molecule is Nc1ccccc1CPO. The second-order valence-electron chi connectivity index (χ2n) is 2.03. The van der Waals surface area contributed by atoms with Gasteiger partial charge in [-0.25, -0.2) is 0 Å². The Balaban J connectivity index is 2.81. The summed E-state index contributed by atoms with van der Waals surface area (Å²) < 4.78 is 0. The zero-order chi connectivity index (χ0) is 7.40. The number of nitrogens with two attached hydrogens (primary N) is 1. The number of nitrogen functional groups attached to an aromatic ring is 1. The number of hydrogen-bond donors (Lipinski definition) is 2. The Kier molecular flexibility index (Phi) is 2.67. The molecule has 1 atom stereocenters. The molecule has 0 fully saturated rings. The molecular formula is C7H10NOP. The van der Waals surface area contributed by atoms with Gasteiger partial charge in [0.25, 0.3) is 0 Å². The summed E-state index contributed by atoms with van der Waals surface area (Å²) in [6.45, 7) is 0. The van der Waals surface area contributed by atoms with Crippen molar-refractivity contribution in [1.82, 2.24) is 0 Å². The highest BCUT2D eigenvalue weighted by Gasteiger charge is 1.94. The molecule has 0 aromatic heterocycles. The van der Waals surface area contributed by atoms with E-state index in [9.17, 15) is 0 Å². The molecule has 10 heavy (non-hydrogen) atoms. The lowest BCUT2D eigenvalue weighted by atomic mass is 10.2. The third-order valence-electron chi connectivity index (χ3n) is 1.32. The van der Waals surface area contributed by atoms with Gasteiger partial charge in [0.15, 0.2) is 0 Å². The van der Waals surface area contributed by atoms with Crippen LogP contribution in [0.15, 0.2) is 24.3 Å². The molecule has 0 spiro atoms. The minimum Gasteiger partial charge on any atom is -0.398 e. The van der Waals surface area contributed by atoms with Crippen molar-refractivity contribution < 1.29 is 4.89 Å². The summed E-state index contributed by atoms with van der Waals surface area (Å²) in [6.07, 6.45) is 0.673. The first-order valence-electron chi connectivity index (χ1n) is 3.05. The minimum absolute atomic E-state index is 0.0484. The summed E-state index contributed by atoms with van der Waals surface area (Å²) in [5, 5.41) is 0. The minimum atomic E-state index is -0.0484. The van der Waals surface area contributed by atoms with E-state index in [2.05, 4.69) is 0 Å². The van der Waals surface area contributed by atoms with Crippen LogP contribution < -0.4 is 5.73 Å². The average molecular weight is 155 g/mol. The average Bonchev–Trinajstić information content (AvgIpc) is 1.94. The first kappa shape index (κ1) is 7.52. The van der Waals surface area contributed by atoms with E-state index in [-0.39, 0.29) is 8.81 Å². The van der Waals surface area contributed by atoms with Crippen molar-refractivity contribution in [2.75, 3.05) is 5.73 Å². The third-order valence-corrected chi connectivity index (χ3v) is 1.86. The Morgan fingerprint density at radius 2 is 2.10 bits per heavy atom. The number of hydrogen-bond acceptors (Lipinski definition) is 2. The van der Waals surface area contributed by atoms with Gasteiger partial charge in [0.2, 0.25) is 0 Å². The lowest BCUT2D eigenvalue weighted by molar-refractivity contribution is 0.644. The van der Waals surface area contributed by atoms with Crippen LogP contribution in [0.25, 0.3) is 0 Å². The molecule has 54 valence electrons. The van der Waals surface area contributed by atoms with Crippen molar-refractivity contribution in [2.24, 2.45) is 0 Å². The molecule has 0 saturated carbocycles. The first-order valence-corrected chi connectivity index (χ1v) is 4.20. The number of anilines is 1. The van der Waals surface area contributed by atoms with Gasteiger partial charge in [-0.05, 0) is 11.6 Å². The highest BCUT2D eigenvalue weighted by Crippen LogP contribution is 2.18. The Hall–Kier alpha value is -0.590. The van der Waals surface area contributed by atoms with E-state index < -0.39 is 0 Å². The van der Waals surface area contributed by atoms with Crippen LogP contribution in [0.1, 0.15) is 5.56 Å². The molecule has 0 bridgehead atoms. The van der Waals surface area contributed by atoms with Gasteiger partial charge in [-0.2, -0.15) is 0 Å². The maximum atomic E-state index is 8.62. The molecule has 0 radical (unpaired) electrons. The fraction of sp³-hybridized carbons (Fsp3) is 0.143. The fourth-order valence-corrected chi connectivity index (χ4v) is 1.27. The van der Waals surface area contributed by atoms with E-state index in [1.54, 1.807) is 0 Å². The summed E-state index contributed by atoms with van der Waals surface area (Å²) in [4.78, 5) is 8.62. The molecule has 0 heterocycles.